The largest absolute Gasteiger partial charge is 0.491 e. The average molecular weight is 318 g/mol. The van der Waals surface area contributed by atoms with Gasteiger partial charge in [-0.1, -0.05) is 6.07 Å². The van der Waals surface area contributed by atoms with Crippen LogP contribution in [0.1, 0.15) is 11.1 Å². The Labute approximate surface area is 129 Å². The Kier molecular flexibility index (Phi) is 3.60. The standard InChI is InChI=1S/C14H15BN2O4S/c1-9-6-11(16)3-5-14(9)22(19,20)17-12-4-2-10-8-21-15(18)13(10)7-12/h2-7,17-18H,8,16H2,1H3. The van der Waals surface area contributed by atoms with Crippen molar-refractivity contribution in [1.29, 1.82) is 0 Å². The van der Waals surface area contributed by atoms with Gasteiger partial charge in [0.2, 0.25) is 0 Å². The molecule has 1 heterocycles. The zero-order chi connectivity index (χ0) is 15.9. The number of nitrogens with one attached hydrogen (secondary N) is 1. The van der Waals surface area contributed by atoms with E-state index in [-0.39, 0.29) is 4.90 Å². The summed E-state index contributed by atoms with van der Waals surface area (Å²) in [7, 11) is -4.74. The minimum atomic E-state index is -3.72. The molecule has 0 amide bonds. The average Bonchev–Trinajstić information content (AvgIpc) is 2.79. The second-order valence-electron chi connectivity index (χ2n) is 5.21. The molecule has 0 aliphatic carbocycles. The van der Waals surface area contributed by atoms with Gasteiger partial charge in [0.05, 0.1) is 11.5 Å². The molecule has 0 spiro atoms. The predicted molar refractivity (Wildman–Crippen MR) is 85.2 cm³/mol. The van der Waals surface area contributed by atoms with Crippen molar-refractivity contribution >= 4 is 34.0 Å². The molecule has 2 aromatic carbocycles. The number of sulfonamides is 1. The lowest BCUT2D eigenvalue weighted by atomic mass is 9.79. The van der Waals surface area contributed by atoms with Gasteiger partial charge in [-0.05, 0) is 53.8 Å². The number of anilines is 2. The van der Waals surface area contributed by atoms with Crippen molar-refractivity contribution in [3.05, 3.63) is 47.5 Å². The summed E-state index contributed by atoms with van der Waals surface area (Å²) in [6.45, 7) is 2.01. The summed E-state index contributed by atoms with van der Waals surface area (Å²) in [6, 6.07) is 9.58. The number of aryl methyl sites for hydroxylation is 1. The zero-order valence-corrected chi connectivity index (χ0v) is 12.7. The van der Waals surface area contributed by atoms with Gasteiger partial charge in [0.1, 0.15) is 0 Å². The lowest BCUT2D eigenvalue weighted by Crippen LogP contribution is -2.28. The molecule has 0 radical (unpaired) electrons. The van der Waals surface area contributed by atoms with Crippen molar-refractivity contribution in [2.75, 3.05) is 10.5 Å². The Hall–Kier alpha value is -2.03. The van der Waals surface area contributed by atoms with Crippen LogP contribution in [0.4, 0.5) is 11.4 Å². The third-order valence-corrected chi connectivity index (χ3v) is 5.09. The molecule has 0 unspecified atom stereocenters. The Bertz CT molecular complexity index is 839. The summed E-state index contributed by atoms with van der Waals surface area (Å²) in [4.78, 5) is 0.166. The number of fused-ring (bicyclic) bond motifs is 1. The van der Waals surface area contributed by atoms with E-state index in [1.165, 1.54) is 6.07 Å². The second-order valence-corrected chi connectivity index (χ2v) is 6.86. The third-order valence-electron chi connectivity index (χ3n) is 3.55. The highest BCUT2D eigenvalue weighted by Crippen LogP contribution is 2.22. The SMILES string of the molecule is Cc1cc(N)ccc1S(=O)(=O)Nc1ccc2c(c1)B(O)OC2. The van der Waals surface area contributed by atoms with Crippen molar-refractivity contribution in [2.45, 2.75) is 18.4 Å². The summed E-state index contributed by atoms with van der Waals surface area (Å²) >= 11 is 0. The van der Waals surface area contributed by atoms with Crippen LogP contribution in [0.5, 0.6) is 0 Å². The zero-order valence-electron chi connectivity index (χ0n) is 11.9. The van der Waals surface area contributed by atoms with E-state index in [4.69, 9.17) is 10.4 Å². The molecule has 0 fully saturated rings. The molecular formula is C14H15BN2O4S. The second kappa shape index (κ2) is 5.31. The Morgan fingerprint density at radius 3 is 2.77 bits per heavy atom. The lowest BCUT2D eigenvalue weighted by Gasteiger charge is -2.12. The molecule has 0 bridgehead atoms. The molecule has 1 aliphatic rings. The van der Waals surface area contributed by atoms with Crippen LogP contribution in [0.3, 0.4) is 0 Å². The number of rotatable bonds is 3. The maximum absolute atomic E-state index is 12.5. The van der Waals surface area contributed by atoms with Crippen LogP contribution in [0.15, 0.2) is 41.3 Å². The van der Waals surface area contributed by atoms with Crippen molar-refractivity contribution in [3.8, 4) is 0 Å². The molecule has 114 valence electrons. The Balaban J connectivity index is 1.93. The number of hydrogen-bond donors (Lipinski definition) is 3. The summed E-state index contributed by atoms with van der Waals surface area (Å²) in [6.07, 6.45) is 0. The molecule has 2 aromatic rings. The van der Waals surface area contributed by atoms with Gasteiger partial charge in [0.25, 0.3) is 10.0 Å². The smallest absolute Gasteiger partial charge is 0.423 e. The van der Waals surface area contributed by atoms with Gasteiger partial charge in [-0.15, -0.1) is 0 Å². The van der Waals surface area contributed by atoms with E-state index in [1.807, 2.05) is 0 Å². The fourth-order valence-corrected chi connectivity index (χ4v) is 3.74. The molecule has 1 aliphatic heterocycles. The first-order valence-electron chi connectivity index (χ1n) is 6.68. The molecule has 0 saturated carbocycles. The molecule has 22 heavy (non-hydrogen) atoms. The van der Waals surface area contributed by atoms with Crippen molar-refractivity contribution < 1.29 is 18.1 Å². The van der Waals surface area contributed by atoms with Crippen LogP contribution in [0, 0.1) is 6.92 Å². The summed E-state index contributed by atoms with van der Waals surface area (Å²) < 4.78 is 32.5. The van der Waals surface area contributed by atoms with Crippen molar-refractivity contribution in [3.63, 3.8) is 0 Å². The first kappa shape index (κ1) is 14.9. The quantitative estimate of drug-likeness (QED) is 0.568. The fourth-order valence-electron chi connectivity index (χ4n) is 2.46. The van der Waals surface area contributed by atoms with Crippen LogP contribution in [0.2, 0.25) is 0 Å². The van der Waals surface area contributed by atoms with Crippen LogP contribution in [0.25, 0.3) is 0 Å². The minimum Gasteiger partial charge on any atom is -0.423 e. The van der Waals surface area contributed by atoms with Crippen LogP contribution < -0.4 is 15.9 Å². The number of nitrogens with two attached hydrogens (primary N) is 1. The first-order valence-corrected chi connectivity index (χ1v) is 8.16. The van der Waals surface area contributed by atoms with Gasteiger partial charge in [0, 0.05) is 11.4 Å². The van der Waals surface area contributed by atoms with E-state index in [2.05, 4.69) is 4.72 Å². The number of hydrogen-bond acceptors (Lipinski definition) is 5. The highest BCUT2D eigenvalue weighted by Gasteiger charge is 2.28. The van der Waals surface area contributed by atoms with Gasteiger partial charge in [0.15, 0.2) is 0 Å². The van der Waals surface area contributed by atoms with Gasteiger partial charge in [-0.2, -0.15) is 0 Å². The minimum absolute atomic E-state index is 0.166. The number of nitrogen functional groups attached to an aromatic ring is 1. The van der Waals surface area contributed by atoms with Crippen molar-refractivity contribution in [2.24, 2.45) is 0 Å². The maximum Gasteiger partial charge on any atom is 0.491 e. The third kappa shape index (κ3) is 2.68. The molecule has 6 nitrogen and oxygen atoms in total. The van der Waals surface area contributed by atoms with E-state index < -0.39 is 17.1 Å². The predicted octanol–water partition coefficient (Wildman–Crippen LogP) is 0.596. The molecule has 0 saturated heterocycles. The van der Waals surface area contributed by atoms with Gasteiger partial charge in [-0.25, -0.2) is 8.42 Å². The first-order chi connectivity index (χ1) is 10.4. The summed E-state index contributed by atoms with van der Waals surface area (Å²) in [5, 5.41) is 9.68. The molecule has 0 atom stereocenters. The van der Waals surface area contributed by atoms with Crippen LogP contribution >= 0.6 is 0 Å². The highest BCUT2D eigenvalue weighted by molar-refractivity contribution is 7.92. The van der Waals surface area contributed by atoms with E-state index >= 15 is 0 Å². The fraction of sp³-hybridized carbons (Fsp3) is 0.143. The molecule has 8 heteroatoms. The van der Waals surface area contributed by atoms with Gasteiger partial charge < -0.3 is 15.4 Å². The Morgan fingerprint density at radius 1 is 1.27 bits per heavy atom. The van der Waals surface area contributed by atoms with Crippen molar-refractivity contribution in [1.82, 2.24) is 0 Å². The van der Waals surface area contributed by atoms with E-state index in [1.54, 1.807) is 37.3 Å². The van der Waals surface area contributed by atoms with Crippen LogP contribution in [-0.4, -0.2) is 20.6 Å². The van der Waals surface area contributed by atoms with Gasteiger partial charge >= 0.3 is 7.12 Å². The Morgan fingerprint density at radius 2 is 2.05 bits per heavy atom. The monoisotopic (exact) mass is 318 g/mol. The molecule has 3 rings (SSSR count). The van der Waals surface area contributed by atoms with E-state index in [0.29, 0.717) is 29.0 Å². The van der Waals surface area contributed by atoms with Gasteiger partial charge in [-0.3, -0.25) is 4.72 Å². The van der Waals surface area contributed by atoms with Crippen LogP contribution in [-0.2, 0) is 21.3 Å². The molecule has 0 aromatic heterocycles. The van der Waals surface area contributed by atoms with E-state index in [0.717, 1.165) is 5.56 Å². The van der Waals surface area contributed by atoms with E-state index in [9.17, 15) is 13.4 Å². The number of benzene rings is 2. The summed E-state index contributed by atoms with van der Waals surface area (Å²) in [5.41, 5.74) is 8.52. The highest BCUT2D eigenvalue weighted by atomic mass is 32.2. The molecular weight excluding hydrogens is 303 g/mol. The maximum atomic E-state index is 12.5. The normalized spacial score (nSPS) is 14.0. The summed E-state index contributed by atoms with van der Waals surface area (Å²) in [5.74, 6) is 0. The molecule has 4 N–H and O–H groups in total. The topological polar surface area (TPSA) is 102 Å². The lowest BCUT2D eigenvalue weighted by molar-refractivity contribution is 0.275.